The highest BCUT2D eigenvalue weighted by atomic mass is 19.1. The SMILES string of the molecule is CCc1c(F)ccc2cc(O)cc(-c3ncc4c(N5CCCOCC5)nc(OCC5(CO)CC5)nc4c3F)c12. The number of aromatic nitrogens is 3. The van der Waals surface area contributed by atoms with Gasteiger partial charge in [-0.25, -0.2) is 8.78 Å². The van der Waals surface area contributed by atoms with Crippen molar-refractivity contribution in [1.82, 2.24) is 15.0 Å². The lowest BCUT2D eigenvalue weighted by molar-refractivity contribution is 0.140. The molecule has 2 aromatic heterocycles. The topological polar surface area (TPSA) is 101 Å². The number of aliphatic hydroxyl groups excluding tert-OH is 1. The summed E-state index contributed by atoms with van der Waals surface area (Å²) >= 11 is 0. The summed E-state index contributed by atoms with van der Waals surface area (Å²) in [6.45, 7) is 4.40. The average Bonchev–Trinajstić information content (AvgIpc) is 3.76. The van der Waals surface area contributed by atoms with E-state index in [1.807, 2.05) is 11.8 Å². The molecule has 1 aliphatic heterocycles. The van der Waals surface area contributed by atoms with Gasteiger partial charge in [-0.2, -0.15) is 9.97 Å². The molecule has 2 fully saturated rings. The number of benzene rings is 2. The zero-order valence-electron chi connectivity index (χ0n) is 21.7. The van der Waals surface area contributed by atoms with Crippen molar-refractivity contribution in [2.24, 2.45) is 5.41 Å². The first kappa shape index (κ1) is 25.6. The number of nitrogens with zero attached hydrogens (tertiary/aromatic N) is 4. The van der Waals surface area contributed by atoms with E-state index in [1.54, 1.807) is 6.07 Å². The lowest BCUT2D eigenvalue weighted by atomic mass is 9.94. The van der Waals surface area contributed by atoms with Gasteiger partial charge < -0.3 is 24.6 Å². The maximum Gasteiger partial charge on any atom is 0.319 e. The standard InChI is InChI=1S/C29H30F2N4O4/c1-2-19-22(30)5-4-17-12-18(37)13-20(23(17)19)25-24(31)26-21(14-32-25)27(35-8-3-10-38-11-9-35)34-28(33-26)39-16-29(15-36)6-7-29/h4-5,12-14,36-37H,2-3,6-11,15-16H2,1H3. The monoisotopic (exact) mass is 536 g/mol. The van der Waals surface area contributed by atoms with E-state index < -0.39 is 11.6 Å². The van der Waals surface area contributed by atoms with E-state index in [2.05, 4.69) is 15.0 Å². The van der Waals surface area contributed by atoms with Gasteiger partial charge in [-0.1, -0.05) is 13.0 Å². The Morgan fingerprint density at radius 3 is 2.74 bits per heavy atom. The number of phenols is 1. The number of pyridine rings is 1. The molecule has 1 saturated heterocycles. The van der Waals surface area contributed by atoms with Gasteiger partial charge >= 0.3 is 6.01 Å². The summed E-state index contributed by atoms with van der Waals surface area (Å²) in [4.78, 5) is 15.6. The minimum Gasteiger partial charge on any atom is -0.508 e. The molecule has 0 bridgehead atoms. The maximum atomic E-state index is 16.4. The van der Waals surface area contributed by atoms with Crippen LogP contribution < -0.4 is 9.64 Å². The Bertz CT molecular complexity index is 1550. The molecule has 0 atom stereocenters. The Hall–Kier alpha value is -3.63. The molecule has 10 heteroatoms. The van der Waals surface area contributed by atoms with Gasteiger partial charge in [0, 0.05) is 36.9 Å². The molecule has 2 N–H and O–H groups in total. The fraction of sp³-hybridized carbons (Fsp3) is 0.414. The summed E-state index contributed by atoms with van der Waals surface area (Å²) in [5, 5.41) is 21.7. The van der Waals surface area contributed by atoms with Crippen molar-refractivity contribution in [2.45, 2.75) is 32.6 Å². The second-order valence-corrected chi connectivity index (χ2v) is 10.4. The van der Waals surface area contributed by atoms with Crippen LogP contribution in [0.1, 0.15) is 31.7 Å². The summed E-state index contributed by atoms with van der Waals surface area (Å²) in [6, 6.07) is 5.86. The van der Waals surface area contributed by atoms with Crippen molar-refractivity contribution in [3.63, 3.8) is 0 Å². The number of aliphatic hydroxyl groups is 1. The van der Waals surface area contributed by atoms with Gasteiger partial charge in [0.2, 0.25) is 0 Å². The summed E-state index contributed by atoms with van der Waals surface area (Å²) in [6.07, 6.45) is 4.37. The zero-order valence-corrected chi connectivity index (χ0v) is 21.7. The summed E-state index contributed by atoms with van der Waals surface area (Å²) in [5.74, 6) is -0.704. The normalized spacial score (nSPS) is 17.0. The molecule has 0 spiro atoms. The molecule has 0 amide bonds. The second kappa shape index (κ2) is 10.2. The Morgan fingerprint density at radius 1 is 1.13 bits per heavy atom. The molecule has 1 saturated carbocycles. The van der Waals surface area contributed by atoms with Gasteiger partial charge in [-0.05, 0) is 60.2 Å². The molecule has 4 aromatic rings. The minimum atomic E-state index is -0.714. The van der Waals surface area contributed by atoms with Gasteiger partial charge in [0.15, 0.2) is 5.82 Å². The third-order valence-electron chi connectivity index (χ3n) is 7.73. The molecule has 2 aromatic carbocycles. The predicted molar refractivity (Wildman–Crippen MR) is 143 cm³/mol. The molecule has 39 heavy (non-hydrogen) atoms. The quantitative estimate of drug-likeness (QED) is 0.349. The number of hydrogen-bond donors (Lipinski definition) is 2. The molecule has 3 heterocycles. The van der Waals surface area contributed by atoms with Gasteiger partial charge in [-0.15, -0.1) is 0 Å². The van der Waals surface area contributed by atoms with E-state index in [-0.39, 0.29) is 47.2 Å². The number of aryl methyl sites for hydroxylation is 1. The van der Waals surface area contributed by atoms with Crippen LogP contribution in [-0.4, -0.2) is 64.7 Å². The highest BCUT2D eigenvalue weighted by Gasteiger charge is 2.43. The van der Waals surface area contributed by atoms with Crippen LogP contribution in [0.5, 0.6) is 11.8 Å². The van der Waals surface area contributed by atoms with E-state index >= 15 is 4.39 Å². The Balaban J connectivity index is 1.54. The lowest BCUT2D eigenvalue weighted by Gasteiger charge is -2.23. The van der Waals surface area contributed by atoms with Crippen LogP contribution in [0.25, 0.3) is 32.9 Å². The van der Waals surface area contributed by atoms with Crippen LogP contribution in [0.3, 0.4) is 0 Å². The first-order valence-corrected chi connectivity index (χ1v) is 13.3. The van der Waals surface area contributed by atoms with Gasteiger partial charge in [0.05, 0.1) is 25.2 Å². The van der Waals surface area contributed by atoms with Gasteiger partial charge in [0.25, 0.3) is 0 Å². The number of aromatic hydroxyl groups is 1. The molecule has 0 radical (unpaired) electrons. The number of rotatable bonds is 7. The van der Waals surface area contributed by atoms with Crippen molar-refractivity contribution in [3.05, 3.63) is 47.7 Å². The minimum absolute atomic E-state index is 0.000226. The van der Waals surface area contributed by atoms with Crippen LogP contribution >= 0.6 is 0 Å². The molecule has 8 nitrogen and oxygen atoms in total. The Kier molecular flexibility index (Phi) is 6.68. The highest BCUT2D eigenvalue weighted by molar-refractivity contribution is 6.01. The first-order chi connectivity index (χ1) is 18.9. The molecule has 204 valence electrons. The van der Waals surface area contributed by atoms with Crippen molar-refractivity contribution in [1.29, 1.82) is 0 Å². The first-order valence-electron chi connectivity index (χ1n) is 13.3. The van der Waals surface area contributed by atoms with Crippen molar-refractivity contribution < 1.29 is 28.5 Å². The smallest absolute Gasteiger partial charge is 0.319 e. The van der Waals surface area contributed by atoms with Gasteiger partial charge in [-0.3, -0.25) is 4.98 Å². The number of fused-ring (bicyclic) bond motifs is 2. The number of ether oxygens (including phenoxy) is 2. The average molecular weight is 537 g/mol. The molecule has 2 aliphatic rings. The van der Waals surface area contributed by atoms with E-state index in [4.69, 9.17) is 9.47 Å². The third-order valence-corrected chi connectivity index (χ3v) is 7.73. The van der Waals surface area contributed by atoms with Crippen molar-refractivity contribution in [3.8, 4) is 23.0 Å². The number of hydrogen-bond acceptors (Lipinski definition) is 8. The molecule has 6 rings (SSSR count). The fourth-order valence-corrected chi connectivity index (χ4v) is 5.25. The van der Waals surface area contributed by atoms with E-state index in [9.17, 15) is 14.6 Å². The highest BCUT2D eigenvalue weighted by Crippen LogP contribution is 2.45. The van der Waals surface area contributed by atoms with E-state index in [0.29, 0.717) is 60.3 Å². The van der Waals surface area contributed by atoms with Crippen LogP contribution in [0.15, 0.2) is 30.5 Å². The number of phenolic OH excluding ortho intramolecular Hbond substituents is 1. The number of anilines is 1. The van der Waals surface area contributed by atoms with Crippen LogP contribution in [0.4, 0.5) is 14.6 Å². The third kappa shape index (κ3) is 4.72. The second-order valence-electron chi connectivity index (χ2n) is 10.4. The van der Waals surface area contributed by atoms with Gasteiger partial charge in [0.1, 0.15) is 28.6 Å². The number of halogens is 2. The lowest BCUT2D eigenvalue weighted by Crippen LogP contribution is -2.27. The fourth-order valence-electron chi connectivity index (χ4n) is 5.25. The van der Waals surface area contributed by atoms with Crippen LogP contribution in [-0.2, 0) is 11.2 Å². The van der Waals surface area contributed by atoms with E-state index in [0.717, 1.165) is 19.3 Å². The van der Waals surface area contributed by atoms with Crippen molar-refractivity contribution >= 4 is 27.5 Å². The summed E-state index contributed by atoms with van der Waals surface area (Å²) < 4.78 is 42.7. The molecule has 0 unspecified atom stereocenters. The maximum absolute atomic E-state index is 16.4. The predicted octanol–water partition coefficient (Wildman–Crippen LogP) is 4.77. The zero-order chi connectivity index (χ0) is 27.1. The molecular formula is C29H30F2N4O4. The van der Waals surface area contributed by atoms with Crippen LogP contribution in [0.2, 0.25) is 0 Å². The Morgan fingerprint density at radius 2 is 1.97 bits per heavy atom. The summed E-state index contributed by atoms with van der Waals surface area (Å²) in [5.41, 5.74) is 0.360. The Labute approximate surface area is 224 Å². The molecular weight excluding hydrogens is 506 g/mol. The van der Waals surface area contributed by atoms with Crippen molar-refractivity contribution in [2.75, 3.05) is 44.4 Å². The summed E-state index contributed by atoms with van der Waals surface area (Å²) in [7, 11) is 0. The largest absolute Gasteiger partial charge is 0.508 e. The van der Waals surface area contributed by atoms with Crippen LogP contribution in [0, 0.1) is 17.0 Å². The van der Waals surface area contributed by atoms with E-state index in [1.165, 1.54) is 24.4 Å². The molecule has 1 aliphatic carbocycles.